The highest BCUT2D eigenvalue weighted by Gasteiger charge is 2.32. The summed E-state index contributed by atoms with van der Waals surface area (Å²) < 4.78 is 2.42. The van der Waals surface area contributed by atoms with Gasteiger partial charge >= 0.3 is 0 Å². The number of nitrogens with zero attached hydrogens (tertiary/aromatic N) is 1. The molecule has 0 fully saturated rings. The predicted molar refractivity (Wildman–Crippen MR) is 76.5 cm³/mol. The van der Waals surface area contributed by atoms with Gasteiger partial charge in [0.25, 0.3) is 0 Å². The molecular formula is C14H24N2S. The van der Waals surface area contributed by atoms with Gasteiger partial charge < -0.3 is 10.3 Å². The zero-order valence-corrected chi connectivity index (χ0v) is 12.0. The molecule has 1 aliphatic rings. The first-order valence-electron chi connectivity index (χ1n) is 6.46. The summed E-state index contributed by atoms with van der Waals surface area (Å²) in [5, 5.41) is 0. The topological polar surface area (TPSA) is 30.9 Å². The molecule has 0 aliphatic heterocycles. The fraction of sp³-hybridized carbons (Fsp3) is 0.714. The van der Waals surface area contributed by atoms with Gasteiger partial charge in [0.1, 0.15) is 0 Å². The minimum atomic E-state index is 0.232. The fourth-order valence-corrected chi connectivity index (χ4v) is 3.30. The van der Waals surface area contributed by atoms with E-state index in [1.165, 1.54) is 29.9 Å². The third-order valence-corrected chi connectivity index (χ3v) is 4.38. The molecule has 2 rings (SSSR count). The van der Waals surface area contributed by atoms with Crippen molar-refractivity contribution in [2.75, 3.05) is 12.0 Å². The minimum absolute atomic E-state index is 0.232. The van der Waals surface area contributed by atoms with E-state index in [2.05, 4.69) is 36.9 Å². The number of thioether (sulfide) groups is 1. The molecule has 1 aromatic rings. The van der Waals surface area contributed by atoms with E-state index in [1.807, 2.05) is 11.8 Å². The number of aryl methyl sites for hydroxylation is 1. The zero-order chi connectivity index (χ0) is 12.5. The minimum Gasteiger partial charge on any atom is -0.351 e. The van der Waals surface area contributed by atoms with Crippen molar-refractivity contribution >= 4 is 11.8 Å². The van der Waals surface area contributed by atoms with Gasteiger partial charge in [-0.2, -0.15) is 11.8 Å². The molecule has 0 saturated heterocycles. The third kappa shape index (κ3) is 2.89. The molecule has 0 bridgehead atoms. The van der Waals surface area contributed by atoms with E-state index in [0.717, 1.165) is 13.0 Å². The van der Waals surface area contributed by atoms with E-state index in [9.17, 15) is 0 Å². The van der Waals surface area contributed by atoms with Crippen molar-refractivity contribution in [3.05, 3.63) is 23.5 Å². The van der Waals surface area contributed by atoms with Crippen molar-refractivity contribution in [2.45, 2.75) is 45.7 Å². The summed E-state index contributed by atoms with van der Waals surface area (Å²) in [6, 6.07) is 2.46. The Bertz CT molecular complexity index is 382. The number of hydrogen-bond donors (Lipinski definition) is 1. The lowest BCUT2D eigenvalue weighted by Crippen LogP contribution is -2.30. The maximum atomic E-state index is 6.27. The van der Waals surface area contributed by atoms with Gasteiger partial charge in [0, 0.05) is 24.5 Å². The van der Waals surface area contributed by atoms with Crippen LogP contribution in [-0.2, 0) is 13.0 Å². The Kier molecular flexibility index (Phi) is 3.88. The Balaban J connectivity index is 2.16. The van der Waals surface area contributed by atoms with Gasteiger partial charge in [0.05, 0.1) is 0 Å². The molecule has 96 valence electrons. The van der Waals surface area contributed by atoms with Crippen LogP contribution in [0.15, 0.2) is 12.3 Å². The maximum absolute atomic E-state index is 6.27. The van der Waals surface area contributed by atoms with Crippen molar-refractivity contribution in [1.29, 1.82) is 0 Å². The smallest absolute Gasteiger partial charge is 0.0318 e. The standard InChI is InChI=1S/C14H24N2S/c1-14(2)9-12(15)11-5-7-16(13(11)10-14)6-4-8-17-3/h5,7,12H,4,6,8-10,15H2,1-3H3. The Hall–Kier alpha value is -0.410. The van der Waals surface area contributed by atoms with Crippen LogP contribution in [0.4, 0.5) is 0 Å². The van der Waals surface area contributed by atoms with E-state index in [1.54, 1.807) is 0 Å². The number of nitrogens with two attached hydrogens (primary N) is 1. The van der Waals surface area contributed by atoms with Gasteiger partial charge in [-0.15, -0.1) is 0 Å². The molecule has 1 heterocycles. The zero-order valence-electron chi connectivity index (χ0n) is 11.2. The van der Waals surface area contributed by atoms with Crippen LogP contribution in [0.3, 0.4) is 0 Å². The molecule has 2 nitrogen and oxygen atoms in total. The van der Waals surface area contributed by atoms with Crippen molar-refractivity contribution < 1.29 is 0 Å². The summed E-state index contributed by atoms with van der Waals surface area (Å²) in [5.41, 5.74) is 9.49. The molecule has 3 heteroatoms. The normalized spacial score (nSPS) is 22.5. The second kappa shape index (κ2) is 5.07. The first-order valence-corrected chi connectivity index (χ1v) is 7.85. The van der Waals surface area contributed by atoms with Crippen LogP contribution in [0, 0.1) is 5.41 Å². The van der Waals surface area contributed by atoms with Gasteiger partial charge in [-0.3, -0.25) is 0 Å². The summed E-state index contributed by atoms with van der Waals surface area (Å²) >= 11 is 1.92. The largest absolute Gasteiger partial charge is 0.351 e. The number of aromatic nitrogens is 1. The van der Waals surface area contributed by atoms with E-state index in [4.69, 9.17) is 5.73 Å². The second-order valence-electron chi connectivity index (χ2n) is 5.91. The molecule has 0 spiro atoms. The molecule has 1 aromatic heterocycles. The summed E-state index contributed by atoms with van der Waals surface area (Å²) in [4.78, 5) is 0. The highest BCUT2D eigenvalue weighted by Crippen LogP contribution is 2.39. The van der Waals surface area contributed by atoms with Crippen LogP contribution >= 0.6 is 11.8 Å². The number of fused-ring (bicyclic) bond motifs is 1. The first kappa shape index (κ1) is 13.0. The first-order chi connectivity index (χ1) is 8.03. The van der Waals surface area contributed by atoms with Gasteiger partial charge in [-0.1, -0.05) is 13.8 Å². The van der Waals surface area contributed by atoms with Gasteiger partial charge in [0.15, 0.2) is 0 Å². The second-order valence-corrected chi connectivity index (χ2v) is 6.89. The molecule has 0 amide bonds. The molecule has 1 aliphatic carbocycles. The van der Waals surface area contributed by atoms with Crippen molar-refractivity contribution in [3.8, 4) is 0 Å². The van der Waals surface area contributed by atoms with E-state index in [0.29, 0.717) is 5.41 Å². The highest BCUT2D eigenvalue weighted by molar-refractivity contribution is 7.98. The predicted octanol–water partition coefficient (Wildman–Crippen LogP) is 3.21. The Morgan fingerprint density at radius 2 is 2.29 bits per heavy atom. The van der Waals surface area contributed by atoms with Crippen LogP contribution in [0.5, 0.6) is 0 Å². The van der Waals surface area contributed by atoms with Crippen LogP contribution in [-0.4, -0.2) is 16.6 Å². The van der Waals surface area contributed by atoms with Crippen LogP contribution in [0.1, 0.15) is 44.0 Å². The lowest BCUT2D eigenvalue weighted by molar-refractivity contribution is 0.275. The Morgan fingerprint density at radius 1 is 1.53 bits per heavy atom. The van der Waals surface area contributed by atoms with Gasteiger partial charge in [-0.05, 0) is 48.3 Å². The highest BCUT2D eigenvalue weighted by atomic mass is 32.2. The Morgan fingerprint density at radius 3 is 3.00 bits per heavy atom. The number of rotatable bonds is 4. The average molecular weight is 252 g/mol. The fourth-order valence-electron chi connectivity index (χ4n) is 2.88. The molecule has 1 atom stereocenters. The molecule has 1 unspecified atom stereocenters. The third-order valence-electron chi connectivity index (χ3n) is 3.68. The van der Waals surface area contributed by atoms with Crippen molar-refractivity contribution in [1.82, 2.24) is 4.57 Å². The lowest BCUT2D eigenvalue weighted by Gasteiger charge is -2.34. The monoisotopic (exact) mass is 252 g/mol. The number of hydrogen-bond acceptors (Lipinski definition) is 2. The molecular weight excluding hydrogens is 228 g/mol. The molecule has 17 heavy (non-hydrogen) atoms. The maximum Gasteiger partial charge on any atom is 0.0318 e. The molecule has 0 radical (unpaired) electrons. The van der Waals surface area contributed by atoms with E-state index >= 15 is 0 Å². The summed E-state index contributed by atoms with van der Waals surface area (Å²) in [5.74, 6) is 1.24. The summed E-state index contributed by atoms with van der Waals surface area (Å²) in [7, 11) is 0. The average Bonchev–Trinajstić information content (AvgIpc) is 2.60. The van der Waals surface area contributed by atoms with Crippen molar-refractivity contribution in [3.63, 3.8) is 0 Å². The molecule has 0 saturated carbocycles. The van der Waals surface area contributed by atoms with Crippen LogP contribution in [0.25, 0.3) is 0 Å². The summed E-state index contributed by atoms with van der Waals surface area (Å²) in [6.45, 7) is 5.79. The van der Waals surface area contributed by atoms with Crippen LogP contribution in [0.2, 0.25) is 0 Å². The SMILES string of the molecule is CSCCCn1ccc2c1CC(C)(C)CC2N. The Labute approximate surface area is 109 Å². The van der Waals surface area contributed by atoms with E-state index in [-0.39, 0.29) is 6.04 Å². The van der Waals surface area contributed by atoms with Gasteiger partial charge in [0.2, 0.25) is 0 Å². The molecule has 0 aromatic carbocycles. The van der Waals surface area contributed by atoms with Crippen molar-refractivity contribution in [2.24, 2.45) is 11.1 Å². The summed E-state index contributed by atoms with van der Waals surface area (Å²) in [6.07, 6.45) is 7.92. The lowest BCUT2D eigenvalue weighted by atomic mass is 9.74. The van der Waals surface area contributed by atoms with Crippen LogP contribution < -0.4 is 5.73 Å². The van der Waals surface area contributed by atoms with E-state index < -0.39 is 0 Å². The van der Waals surface area contributed by atoms with Gasteiger partial charge in [-0.25, -0.2) is 0 Å². The molecule has 2 N–H and O–H groups in total. The quantitative estimate of drug-likeness (QED) is 0.834.